The highest BCUT2D eigenvalue weighted by atomic mass is 32.2. The van der Waals surface area contributed by atoms with Crippen LogP contribution in [-0.4, -0.2) is 12.1 Å². The van der Waals surface area contributed by atoms with Gasteiger partial charge in [0.1, 0.15) is 5.01 Å². The minimum atomic E-state index is 0.603. The SMILES string of the molecule is COCc1csc(CSc2ccc(C)cc2)n1. The smallest absolute Gasteiger partial charge is 0.103 e. The Kier molecular flexibility index (Phi) is 4.59. The summed E-state index contributed by atoms with van der Waals surface area (Å²) in [6, 6.07) is 8.59. The van der Waals surface area contributed by atoms with Crippen LogP contribution >= 0.6 is 23.1 Å². The van der Waals surface area contributed by atoms with Gasteiger partial charge >= 0.3 is 0 Å². The Balaban J connectivity index is 1.90. The Labute approximate surface area is 110 Å². The topological polar surface area (TPSA) is 22.1 Å². The first-order valence-corrected chi connectivity index (χ1v) is 7.26. The number of nitrogens with zero attached hydrogens (tertiary/aromatic N) is 1. The molecule has 0 amide bonds. The number of aromatic nitrogens is 1. The van der Waals surface area contributed by atoms with Crippen molar-refractivity contribution in [1.29, 1.82) is 0 Å². The average Bonchev–Trinajstić information content (AvgIpc) is 2.77. The maximum atomic E-state index is 5.05. The highest BCUT2D eigenvalue weighted by Crippen LogP contribution is 2.24. The highest BCUT2D eigenvalue weighted by Gasteiger charge is 2.02. The van der Waals surface area contributed by atoms with Gasteiger partial charge in [-0.15, -0.1) is 23.1 Å². The Bertz CT molecular complexity index is 465. The predicted octanol–water partition coefficient (Wildman–Crippen LogP) is 3.89. The molecule has 0 aliphatic rings. The van der Waals surface area contributed by atoms with Gasteiger partial charge in [-0.2, -0.15) is 0 Å². The summed E-state index contributed by atoms with van der Waals surface area (Å²) >= 11 is 3.52. The van der Waals surface area contributed by atoms with Crippen LogP contribution in [0.3, 0.4) is 0 Å². The van der Waals surface area contributed by atoms with E-state index < -0.39 is 0 Å². The maximum Gasteiger partial charge on any atom is 0.103 e. The number of methoxy groups -OCH3 is 1. The van der Waals surface area contributed by atoms with Gasteiger partial charge in [0.15, 0.2) is 0 Å². The van der Waals surface area contributed by atoms with Crippen LogP contribution in [0.2, 0.25) is 0 Å². The monoisotopic (exact) mass is 265 g/mol. The van der Waals surface area contributed by atoms with Gasteiger partial charge in [0, 0.05) is 17.4 Å². The summed E-state index contributed by atoms with van der Waals surface area (Å²) in [6.07, 6.45) is 0. The molecule has 2 nitrogen and oxygen atoms in total. The van der Waals surface area contributed by atoms with Crippen molar-refractivity contribution >= 4 is 23.1 Å². The highest BCUT2D eigenvalue weighted by molar-refractivity contribution is 7.98. The molecule has 0 aliphatic heterocycles. The van der Waals surface area contributed by atoms with E-state index >= 15 is 0 Å². The molecule has 0 spiro atoms. The minimum Gasteiger partial charge on any atom is -0.378 e. The van der Waals surface area contributed by atoms with Crippen LogP contribution in [0.4, 0.5) is 0 Å². The molecular formula is C13H15NOS2. The van der Waals surface area contributed by atoms with Crippen LogP contribution in [0.25, 0.3) is 0 Å². The van der Waals surface area contributed by atoms with E-state index in [2.05, 4.69) is 41.6 Å². The third-order valence-electron chi connectivity index (χ3n) is 2.27. The second-order valence-corrected chi connectivity index (χ2v) is 5.76. The molecule has 1 heterocycles. The van der Waals surface area contributed by atoms with Crippen molar-refractivity contribution in [2.75, 3.05) is 7.11 Å². The summed E-state index contributed by atoms with van der Waals surface area (Å²) in [5.41, 5.74) is 2.32. The van der Waals surface area contributed by atoms with Gasteiger partial charge in [-0.3, -0.25) is 0 Å². The van der Waals surface area contributed by atoms with E-state index in [4.69, 9.17) is 4.74 Å². The summed E-state index contributed by atoms with van der Waals surface area (Å²) in [5.74, 6) is 0.928. The molecule has 0 unspecified atom stereocenters. The van der Waals surface area contributed by atoms with Crippen LogP contribution in [0.1, 0.15) is 16.3 Å². The summed E-state index contributed by atoms with van der Waals surface area (Å²) in [6.45, 7) is 2.71. The van der Waals surface area contributed by atoms with Gasteiger partial charge in [0.25, 0.3) is 0 Å². The minimum absolute atomic E-state index is 0.603. The molecule has 1 aromatic carbocycles. The lowest BCUT2D eigenvalue weighted by Crippen LogP contribution is -1.88. The molecule has 0 fully saturated rings. The molecule has 0 N–H and O–H groups in total. The fraction of sp³-hybridized carbons (Fsp3) is 0.308. The number of aryl methyl sites for hydroxylation is 1. The zero-order valence-electron chi connectivity index (χ0n) is 9.97. The van der Waals surface area contributed by atoms with Crippen molar-refractivity contribution in [3.8, 4) is 0 Å². The lowest BCUT2D eigenvalue weighted by atomic mass is 10.2. The molecule has 90 valence electrons. The molecule has 0 bridgehead atoms. The Hall–Kier alpha value is -0.840. The van der Waals surface area contributed by atoms with Crippen LogP contribution in [-0.2, 0) is 17.1 Å². The van der Waals surface area contributed by atoms with E-state index in [9.17, 15) is 0 Å². The summed E-state index contributed by atoms with van der Waals surface area (Å²) in [5, 5.41) is 3.22. The second kappa shape index (κ2) is 6.19. The molecule has 0 aliphatic carbocycles. The molecule has 0 atom stereocenters. The fourth-order valence-corrected chi connectivity index (χ4v) is 3.10. The molecule has 2 aromatic rings. The van der Waals surface area contributed by atoms with Crippen molar-refractivity contribution in [3.63, 3.8) is 0 Å². The molecule has 2 rings (SSSR count). The zero-order chi connectivity index (χ0) is 12.1. The van der Waals surface area contributed by atoms with Crippen molar-refractivity contribution in [1.82, 2.24) is 4.98 Å². The van der Waals surface area contributed by atoms with E-state index in [0.29, 0.717) is 6.61 Å². The molecule has 0 radical (unpaired) electrons. The van der Waals surface area contributed by atoms with E-state index in [1.807, 2.05) is 11.8 Å². The van der Waals surface area contributed by atoms with Crippen LogP contribution < -0.4 is 0 Å². The third kappa shape index (κ3) is 3.84. The van der Waals surface area contributed by atoms with Gasteiger partial charge in [-0.05, 0) is 19.1 Å². The molecule has 17 heavy (non-hydrogen) atoms. The summed E-state index contributed by atoms with van der Waals surface area (Å²) in [7, 11) is 1.69. The first-order valence-electron chi connectivity index (χ1n) is 5.39. The average molecular weight is 265 g/mol. The van der Waals surface area contributed by atoms with Crippen molar-refractivity contribution in [2.24, 2.45) is 0 Å². The zero-order valence-corrected chi connectivity index (χ0v) is 11.6. The molecular weight excluding hydrogens is 250 g/mol. The van der Waals surface area contributed by atoms with Crippen LogP contribution in [0.15, 0.2) is 34.5 Å². The number of hydrogen-bond acceptors (Lipinski definition) is 4. The third-order valence-corrected chi connectivity index (χ3v) is 4.38. The number of rotatable bonds is 5. The second-order valence-electron chi connectivity index (χ2n) is 3.77. The number of thiazole rings is 1. The Morgan fingerprint density at radius 3 is 2.76 bits per heavy atom. The van der Waals surface area contributed by atoms with Crippen LogP contribution in [0.5, 0.6) is 0 Å². The largest absolute Gasteiger partial charge is 0.378 e. The first-order chi connectivity index (χ1) is 8.28. The van der Waals surface area contributed by atoms with E-state index in [1.165, 1.54) is 10.5 Å². The predicted molar refractivity (Wildman–Crippen MR) is 73.6 cm³/mol. The maximum absolute atomic E-state index is 5.05. The molecule has 1 aromatic heterocycles. The van der Waals surface area contributed by atoms with Crippen molar-refractivity contribution in [3.05, 3.63) is 45.9 Å². The number of ether oxygens (including phenoxy) is 1. The molecule has 4 heteroatoms. The van der Waals surface area contributed by atoms with Gasteiger partial charge < -0.3 is 4.74 Å². The van der Waals surface area contributed by atoms with E-state index in [-0.39, 0.29) is 0 Å². The first kappa shape index (κ1) is 12.6. The number of thioether (sulfide) groups is 1. The normalized spacial score (nSPS) is 10.7. The Morgan fingerprint density at radius 1 is 1.29 bits per heavy atom. The quantitative estimate of drug-likeness (QED) is 0.766. The lowest BCUT2D eigenvalue weighted by Gasteiger charge is -1.99. The van der Waals surface area contributed by atoms with Gasteiger partial charge in [0.2, 0.25) is 0 Å². The van der Waals surface area contributed by atoms with Crippen LogP contribution in [0, 0.1) is 6.92 Å². The fourth-order valence-electron chi connectivity index (χ4n) is 1.41. The summed E-state index contributed by atoms with van der Waals surface area (Å²) in [4.78, 5) is 5.80. The van der Waals surface area contributed by atoms with Gasteiger partial charge in [-0.1, -0.05) is 17.7 Å². The van der Waals surface area contributed by atoms with E-state index in [1.54, 1.807) is 18.4 Å². The van der Waals surface area contributed by atoms with E-state index in [0.717, 1.165) is 16.5 Å². The van der Waals surface area contributed by atoms with Gasteiger partial charge in [-0.25, -0.2) is 4.98 Å². The Morgan fingerprint density at radius 2 is 2.06 bits per heavy atom. The number of hydrogen-bond donors (Lipinski definition) is 0. The molecule has 0 saturated heterocycles. The summed E-state index contributed by atoms with van der Waals surface area (Å²) < 4.78 is 5.05. The van der Waals surface area contributed by atoms with Gasteiger partial charge in [0.05, 0.1) is 18.1 Å². The van der Waals surface area contributed by atoms with Crippen molar-refractivity contribution < 1.29 is 4.74 Å². The number of benzene rings is 1. The lowest BCUT2D eigenvalue weighted by molar-refractivity contribution is 0.182. The van der Waals surface area contributed by atoms with Crippen molar-refractivity contribution in [2.45, 2.75) is 24.2 Å². The standard InChI is InChI=1S/C13H15NOS2/c1-10-3-5-12(6-4-10)16-9-13-14-11(7-15-2)8-17-13/h3-6,8H,7,9H2,1-2H3. The molecule has 0 saturated carbocycles.